The van der Waals surface area contributed by atoms with Crippen LogP contribution in [-0.4, -0.2) is 24.6 Å². The molecule has 0 saturated carbocycles. The van der Waals surface area contributed by atoms with Crippen LogP contribution in [-0.2, 0) is 11.2 Å². The third kappa shape index (κ3) is 6.98. The average molecular weight is 329 g/mol. The van der Waals surface area contributed by atoms with Crippen LogP contribution < -0.4 is 4.74 Å². The van der Waals surface area contributed by atoms with Gasteiger partial charge in [0.25, 0.3) is 0 Å². The molecule has 2 nitrogen and oxygen atoms in total. The molecule has 108 valence electrons. The Bertz CT molecular complexity index is 371. The summed E-state index contributed by atoms with van der Waals surface area (Å²) in [6.45, 7) is 7.10. The van der Waals surface area contributed by atoms with Crippen molar-refractivity contribution in [2.75, 3.05) is 19.0 Å². The van der Waals surface area contributed by atoms with E-state index < -0.39 is 0 Å². The molecule has 3 heteroatoms. The van der Waals surface area contributed by atoms with Crippen molar-refractivity contribution in [2.24, 2.45) is 5.92 Å². The first-order valence-corrected chi connectivity index (χ1v) is 7.89. The van der Waals surface area contributed by atoms with E-state index in [1.807, 2.05) is 12.1 Å². The van der Waals surface area contributed by atoms with Gasteiger partial charge in [-0.25, -0.2) is 0 Å². The van der Waals surface area contributed by atoms with Crippen molar-refractivity contribution in [3.63, 3.8) is 0 Å². The molecule has 0 bridgehead atoms. The van der Waals surface area contributed by atoms with Gasteiger partial charge in [0.15, 0.2) is 0 Å². The molecule has 0 N–H and O–H groups in total. The van der Waals surface area contributed by atoms with Crippen LogP contribution >= 0.6 is 15.9 Å². The van der Waals surface area contributed by atoms with Crippen molar-refractivity contribution in [3.05, 3.63) is 29.8 Å². The Morgan fingerprint density at radius 1 is 1.26 bits per heavy atom. The fourth-order valence-corrected chi connectivity index (χ4v) is 2.45. The van der Waals surface area contributed by atoms with Crippen molar-refractivity contribution in [1.29, 1.82) is 0 Å². The molecule has 1 atom stereocenters. The Balaban J connectivity index is 2.47. The fourth-order valence-electron chi connectivity index (χ4n) is 1.90. The number of halogens is 1. The largest absolute Gasteiger partial charge is 0.497 e. The summed E-state index contributed by atoms with van der Waals surface area (Å²) in [6.07, 6.45) is 2.12. The lowest BCUT2D eigenvalue weighted by Crippen LogP contribution is -2.21. The smallest absolute Gasteiger partial charge is 0.119 e. The SMILES string of the molecule is COc1cccc(CC(CBr)CCOC(C)(C)C)c1. The van der Waals surface area contributed by atoms with Crippen LogP contribution in [0.4, 0.5) is 0 Å². The number of alkyl halides is 1. The van der Waals surface area contributed by atoms with Gasteiger partial charge in [0, 0.05) is 11.9 Å². The molecule has 0 aliphatic carbocycles. The topological polar surface area (TPSA) is 18.5 Å². The molecule has 1 unspecified atom stereocenters. The predicted molar refractivity (Wildman–Crippen MR) is 84.3 cm³/mol. The van der Waals surface area contributed by atoms with E-state index in [9.17, 15) is 0 Å². The van der Waals surface area contributed by atoms with Gasteiger partial charge in [-0.05, 0) is 57.2 Å². The number of hydrogen-bond acceptors (Lipinski definition) is 2. The van der Waals surface area contributed by atoms with Crippen molar-refractivity contribution in [1.82, 2.24) is 0 Å². The second kappa shape index (κ2) is 7.91. The van der Waals surface area contributed by atoms with Gasteiger partial charge >= 0.3 is 0 Å². The van der Waals surface area contributed by atoms with Gasteiger partial charge < -0.3 is 9.47 Å². The molecule has 1 aromatic carbocycles. The van der Waals surface area contributed by atoms with E-state index >= 15 is 0 Å². The van der Waals surface area contributed by atoms with E-state index in [1.165, 1.54) is 5.56 Å². The predicted octanol–water partition coefficient (Wildman–Crippen LogP) is 4.45. The zero-order chi connectivity index (χ0) is 14.3. The van der Waals surface area contributed by atoms with E-state index in [2.05, 4.69) is 48.8 Å². The van der Waals surface area contributed by atoms with E-state index in [-0.39, 0.29) is 5.60 Å². The van der Waals surface area contributed by atoms with Crippen molar-refractivity contribution in [2.45, 2.75) is 39.2 Å². The quantitative estimate of drug-likeness (QED) is 0.688. The maximum atomic E-state index is 5.80. The minimum Gasteiger partial charge on any atom is -0.497 e. The third-order valence-electron chi connectivity index (χ3n) is 2.94. The Hall–Kier alpha value is -0.540. The number of benzene rings is 1. The van der Waals surface area contributed by atoms with Crippen molar-refractivity contribution < 1.29 is 9.47 Å². The summed E-state index contributed by atoms with van der Waals surface area (Å²) in [5.74, 6) is 1.52. The first-order chi connectivity index (χ1) is 8.94. The van der Waals surface area contributed by atoms with Crippen LogP contribution in [0.2, 0.25) is 0 Å². The van der Waals surface area contributed by atoms with Crippen molar-refractivity contribution >= 4 is 15.9 Å². The summed E-state index contributed by atoms with van der Waals surface area (Å²) in [7, 11) is 1.71. The minimum atomic E-state index is -0.0488. The molecule has 19 heavy (non-hydrogen) atoms. The highest BCUT2D eigenvalue weighted by Crippen LogP contribution is 2.20. The number of rotatable bonds is 7. The maximum absolute atomic E-state index is 5.80. The summed E-state index contributed by atoms with van der Waals surface area (Å²) < 4.78 is 11.1. The van der Waals surface area contributed by atoms with Gasteiger partial charge in [-0.15, -0.1) is 0 Å². The van der Waals surface area contributed by atoms with Gasteiger partial charge in [0.1, 0.15) is 5.75 Å². The third-order valence-corrected chi connectivity index (χ3v) is 3.85. The van der Waals surface area contributed by atoms with Gasteiger partial charge in [-0.3, -0.25) is 0 Å². The highest BCUT2D eigenvalue weighted by Gasteiger charge is 2.13. The average Bonchev–Trinajstić information content (AvgIpc) is 2.36. The highest BCUT2D eigenvalue weighted by molar-refractivity contribution is 9.09. The van der Waals surface area contributed by atoms with Gasteiger partial charge in [0.2, 0.25) is 0 Å². The molecule has 0 aliphatic rings. The zero-order valence-electron chi connectivity index (χ0n) is 12.4. The maximum Gasteiger partial charge on any atom is 0.119 e. The Kier molecular flexibility index (Phi) is 6.87. The molecule has 0 heterocycles. The second-order valence-corrected chi connectivity index (χ2v) is 6.47. The zero-order valence-corrected chi connectivity index (χ0v) is 14.0. The molecule has 0 amide bonds. The second-order valence-electron chi connectivity index (χ2n) is 5.83. The lowest BCUT2D eigenvalue weighted by molar-refractivity contribution is -0.00821. The van der Waals surface area contributed by atoms with E-state index in [4.69, 9.17) is 9.47 Å². The first-order valence-electron chi connectivity index (χ1n) is 6.77. The normalized spacial score (nSPS) is 13.3. The molecular formula is C16H25BrO2. The van der Waals surface area contributed by atoms with Gasteiger partial charge in [-0.1, -0.05) is 28.1 Å². The number of hydrogen-bond donors (Lipinski definition) is 0. The number of methoxy groups -OCH3 is 1. The van der Waals surface area contributed by atoms with E-state index in [0.29, 0.717) is 5.92 Å². The van der Waals surface area contributed by atoms with Crippen LogP contribution in [0.15, 0.2) is 24.3 Å². The van der Waals surface area contributed by atoms with Crippen LogP contribution in [0.1, 0.15) is 32.8 Å². The molecule has 1 rings (SSSR count). The Labute approximate surface area is 125 Å². The summed E-state index contributed by atoms with van der Waals surface area (Å²) >= 11 is 3.60. The summed E-state index contributed by atoms with van der Waals surface area (Å²) in [6, 6.07) is 8.30. The van der Waals surface area contributed by atoms with Crippen LogP contribution in [0.25, 0.3) is 0 Å². The summed E-state index contributed by atoms with van der Waals surface area (Å²) in [4.78, 5) is 0. The van der Waals surface area contributed by atoms with Gasteiger partial charge in [-0.2, -0.15) is 0 Å². The fraction of sp³-hybridized carbons (Fsp3) is 0.625. The first kappa shape index (κ1) is 16.5. The van der Waals surface area contributed by atoms with Gasteiger partial charge in [0.05, 0.1) is 12.7 Å². The van der Waals surface area contributed by atoms with Crippen LogP contribution in [0.3, 0.4) is 0 Å². The molecule has 0 fully saturated rings. The van der Waals surface area contributed by atoms with E-state index in [1.54, 1.807) is 7.11 Å². The highest BCUT2D eigenvalue weighted by atomic mass is 79.9. The lowest BCUT2D eigenvalue weighted by atomic mass is 9.98. The van der Waals surface area contributed by atoms with Crippen LogP contribution in [0.5, 0.6) is 5.75 Å². The molecule has 0 spiro atoms. The molecule has 1 aromatic rings. The lowest BCUT2D eigenvalue weighted by Gasteiger charge is -2.22. The minimum absolute atomic E-state index is 0.0488. The van der Waals surface area contributed by atoms with Crippen molar-refractivity contribution in [3.8, 4) is 5.75 Å². The Morgan fingerprint density at radius 3 is 2.58 bits per heavy atom. The molecule has 0 aliphatic heterocycles. The number of ether oxygens (including phenoxy) is 2. The van der Waals surface area contributed by atoms with Crippen LogP contribution in [0, 0.1) is 5.92 Å². The molecule has 0 radical (unpaired) electrons. The summed E-state index contributed by atoms with van der Waals surface area (Å²) in [5, 5.41) is 0.998. The monoisotopic (exact) mass is 328 g/mol. The van der Waals surface area contributed by atoms with E-state index in [0.717, 1.165) is 30.5 Å². The molecular weight excluding hydrogens is 304 g/mol. The standard InChI is InChI=1S/C16H25BrO2/c1-16(2,3)19-9-8-14(12-17)10-13-6-5-7-15(11-13)18-4/h5-7,11,14H,8-10,12H2,1-4H3. The summed E-state index contributed by atoms with van der Waals surface area (Å²) in [5.41, 5.74) is 1.27. The Morgan fingerprint density at radius 2 is 2.00 bits per heavy atom. The molecule has 0 aromatic heterocycles. The molecule has 0 saturated heterocycles.